The zero-order chi connectivity index (χ0) is 47.0. The van der Waals surface area contributed by atoms with Crippen molar-refractivity contribution in [1.82, 2.24) is 39.5 Å². The fraction of sp³-hybridized carbons (Fsp3) is 0.250. The molecule has 5 aromatic carbocycles. The maximum absolute atomic E-state index is 15.8. The maximum atomic E-state index is 15.8. The Hall–Kier alpha value is -6.34. The smallest absolute Gasteiger partial charge is 0.407 e. The van der Waals surface area contributed by atoms with Gasteiger partial charge in [-0.25, -0.2) is 35.8 Å². The molecular weight excluding hydrogens is 1010 g/mol. The van der Waals surface area contributed by atoms with Gasteiger partial charge in [0.15, 0.2) is 5.82 Å². The van der Waals surface area contributed by atoms with Crippen LogP contribution in [0.3, 0.4) is 0 Å². The van der Waals surface area contributed by atoms with Crippen LogP contribution in [0.4, 0.5) is 9.59 Å². The SMILES string of the molecule is COc1ccc(CN(Cc2ccc(OC)cc2)S(=O)(=O)c2c(S(=O)(=O)N[C@H]3CN(C(=O)O)C[C@H]3NC(=O)OCc3ccccc3)ccc(I)c2-c2nnnn2Cc2ccc(OC)cc2)cc1. The number of rotatable bonds is 18. The number of halogens is 1. The molecule has 7 rings (SSSR count). The highest BCUT2D eigenvalue weighted by molar-refractivity contribution is 14.1. The van der Waals surface area contributed by atoms with Crippen LogP contribution in [0.25, 0.3) is 11.4 Å². The van der Waals surface area contributed by atoms with Crippen molar-refractivity contribution in [3.8, 4) is 28.6 Å². The highest BCUT2D eigenvalue weighted by atomic mass is 127. The first-order valence-corrected chi connectivity index (χ1v) is 24.1. The van der Waals surface area contributed by atoms with E-state index < -0.39 is 60.7 Å². The average molecular weight is 1050 g/mol. The van der Waals surface area contributed by atoms with Gasteiger partial charge in [-0.05, 0) is 104 Å². The number of hydrogen-bond donors (Lipinski definition) is 3. The molecule has 2 amide bonds. The molecule has 1 saturated heterocycles. The Balaban J connectivity index is 1.34. The number of hydrogen-bond acceptors (Lipinski definition) is 13. The van der Waals surface area contributed by atoms with Crippen LogP contribution in [0.2, 0.25) is 0 Å². The zero-order valence-corrected chi connectivity index (χ0v) is 39.6. The molecule has 0 radical (unpaired) electrons. The molecule has 0 bridgehead atoms. The van der Waals surface area contributed by atoms with E-state index in [1.165, 1.54) is 32.1 Å². The summed E-state index contributed by atoms with van der Waals surface area (Å²) in [6, 6.07) is 29.6. The second-order valence-electron chi connectivity index (χ2n) is 15.0. The molecule has 1 aliphatic rings. The van der Waals surface area contributed by atoms with Gasteiger partial charge in [-0.3, -0.25) is 0 Å². The van der Waals surface area contributed by atoms with Gasteiger partial charge >= 0.3 is 12.2 Å². The molecule has 346 valence electrons. The van der Waals surface area contributed by atoms with Crippen LogP contribution >= 0.6 is 22.6 Å². The molecule has 0 aliphatic carbocycles. The monoisotopic (exact) mass is 1050 g/mol. The number of likely N-dealkylation sites (tertiary alicyclic amines) is 1. The van der Waals surface area contributed by atoms with E-state index in [9.17, 15) is 14.7 Å². The topological polar surface area (TPSA) is 234 Å². The van der Waals surface area contributed by atoms with Crippen LogP contribution in [-0.2, 0) is 51.0 Å². The molecule has 0 unspecified atom stereocenters. The summed E-state index contributed by atoms with van der Waals surface area (Å²) in [4.78, 5) is 24.9. The number of carbonyl (C=O) groups is 2. The predicted molar refractivity (Wildman–Crippen MR) is 248 cm³/mol. The van der Waals surface area contributed by atoms with Crippen LogP contribution in [-0.4, -0.2) is 110 Å². The summed E-state index contributed by atoms with van der Waals surface area (Å²) in [6.45, 7) is -1.19. The molecule has 2 atom stereocenters. The molecule has 2 heterocycles. The van der Waals surface area contributed by atoms with Gasteiger partial charge in [0.1, 0.15) is 33.6 Å². The van der Waals surface area contributed by atoms with Crippen LogP contribution < -0.4 is 24.2 Å². The first-order chi connectivity index (χ1) is 31.7. The lowest BCUT2D eigenvalue weighted by Gasteiger charge is -2.27. The van der Waals surface area contributed by atoms with Gasteiger partial charge in [0, 0.05) is 29.7 Å². The molecular formula is C44H45IN8O11S2. The summed E-state index contributed by atoms with van der Waals surface area (Å²) in [5, 5.41) is 24.9. The number of benzene rings is 5. The van der Waals surface area contributed by atoms with E-state index in [2.05, 4.69) is 25.6 Å². The highest BCUT2D eigenvalue weighted by Crippen LogP contribution is 2.39. The Morgan fingerprint density at radius 2 is 1.29 bits per heavy atom. The highest BCUT2D eigenvalue weighted by Gasteiger charge is 2.42. The van der Waals surface area contributed by atoms with Crippen molar-refractivity contribution < 1.29 is 50.5 Å². The fourth-order valence-corrected chi connectivity index (χ4v) is 11.8. The summed E-state index contributed by atoms with van der Waals surface area (Å²) >= 11 is 1.92. The summed E-state index contributed by atoms with van der Waals surface area (Å²) in [7, 11) is -5.30. The minimum absolute atomic E-state index is 0.0549. The molecule has 1 aromatic heterocycles. The van der Waals surface area contributed by atoms with E-state index in [1.807, 2.05) is 22.6 Å². The number of sulfonamides is 2. The predicted octanol–water partition coefficient (Wildman–Crippen LogP) is 5.35. The Labute approximate surface area is 394 Å². The normalized spacial score (nSPS) is 15.1. The molecule has 66 heavy (non-hydrogen) atoms. The number of aromatic nitrogens is 4. The number of alkyl carbamates (subject to hydrolysis) is 1. The lowest BCUT2D eigenvalue weighted by molar-refractivity contribution is 0.133. The summed E-state index contributed by atoms with van der Waals surface area (Å²) in [6.07, 6.45) is -2.28. The third-order valence-electron chi connectivity index (χ3n) is 10.7. The number of ether oxygens (including phenoxy) is 4. The number of methoxy groups -OCH3 is 3. The molecule has 1 fully saturated rings. The second kappa shape index (κ2) is 20.9. The van der Waals surface area contributed by atoms with Crippen molar-refractivity contribution in [1.29, 1.82) is 0 Å². The van der Waals surface area contributed by atoms with Crippen LogP contribution in [0.5, 0.6) is 17.2 Å². The third kappa shape index (κ3) is 11.2. The van der Waals surface area contributed by atoms with Crippen molar-refractivity contribution in [3.05, 3.63) is 141 Å². The Morgan fingerprint density at radius 1 is 0.742 bits per heavy atom. The number of amides is 2. The fourth-order valence-electron chi connectivity index (χ4n) is 7.24. The molecule has 19 nitrogen and oxygen atoms in total. The van der Waals surface area contributed by atoms with Crippen LogP contribution in [0, 0.1) is 3.57 Å². The van der Waals surface area contributed by atoms with Crippen molar-refractivity contribution in [2.24, 2.45) is 0 Å². The summed E-state index contributed by atoms with van der Waals surface area (Å²) < 4.78 is 88.3. The van der Waals surface area contributed by atoms with Gasteiger partial charge in [-0.2, -0.15) is 4.31 Å². The van der Waals surface area contributed by atoms with E-state index >= 15 is 16.8 Å². The van der Waals surface area contributed by atoms with Crippen molar-refractivity contribution in [2.75, 3.05) is 34.4 Å². The molecule has 0 saturated carbocycles. The molecule has 3 N–H and O–H groups in total. The van der Waals surface area contributed by atoms with Crippen LogP contribution in [0.15, 0.2) is 125 Å². The third-order valence-corrected chi connectivity index (χ3v) is 15.1. The van der Waals surface area contributed by atoms with Gasteiger partial charge in [-0.15, -0.1) is 5.10 Å². The molecule has 0 spiro atoms. The number of carbonyl (C=O) groups excluding carboxylic acids is 1. The van der Waals surface area contributed by atoms with E-state index in [1.54, 1.807) is 103 Å². The number of tetrazole rings is 1. The Morgan fingerprint density at radius 3 is 1.83 bits per heavy atom. The van der Waals surface area contributed by atoms with E-state index in [0.717, 1.165) is 20.8 Å². The Kier molecular flexibility index (Phi) is 15.1. The molecule has 22 heteroatoms. The van der Waals surface area contributed by atoms with Crippen molar-refractivity contribution in [2.45, 2.75) is 48.1 Å². The second-order valence-corrected chi connectivity index (χ2v) is 19.7. The lowest BCUT2D eigenvalue weighted by atomic mass is 10.2. The quantitative estimate of drug-likeness (QED) is 0.0922. The number of nitrogens with one attached hydrogen (secondary N) is 2. The molecule has 1 aliphatic heterocycles. The van der Waals surface area contributed by atoms with Crippen molar-refractivity contribution >= 4 is 54.8 Å². The van der Waals surface area contributed by atoms with Crippen LogP contribution in [0.1, 0.15) is 22.3 Å². The van der Waals surface area contributed by atoms with Gasteiger partial charge in [0.25, 0.3) is 0 Å². The van der Waals surface area contributed by atoms with Gasteiger partial charge < -0.3 is 34.3 Å². The minimum atomic E-state index is -4.93. The maximum Gasteiger partial charge on any atom is 0.407 e. The molecule has 6 aromatic rings. The summed E-state index contributed by atoms with van der Waals surface area (Å²) in [5.74, 6) is 1.63. The van der Waals surface area contributed by atoms with Gasteiger partial charge in [-0.1, -0.05) is 66.7 Å². The zero-order valence-electron chi connectivity index (χ0n) is 35.8. The standard InChI is InChI=1S/C44H45IN8O11S2/c1-61-33-15-9-29(10-16-33)23-52(24-30-11-17-34(62-2)18-12-30)66(59,60)41-39(22-21-36(45)40(41)42-47-49-50-53(42)25-31-13-19-35(63-3)20-14-31)65(57,58)48-38-27-51(44(55)56)26-37(38)46-43(54)64-28-32-7-5-4-6-8-32/h4-22,37-38,48H,23-28H2,1-3H3,(H,46,54)(H,55,56)/t37-,38+/m1/s1. The number of carboxylic acid groups (broad SMARTS) is 1. The minimum Gasteiger partial charge on any atom is -0.497 e. The number of nitrogens with zero attached hydrogens (tertiary/aromatic N) is 6. The van der Waals surface area contributed by atoms with Crippen molar-refractivity contribution in [3.63, 3.8) is 0 Å². The van der Waals surface area contributed by atoms with E-state index in [0.29, 0.717) is 37.5 Å². The van der Waals surface area contributed by atoms with E-state index in [-0.39, 0.29) is 44.2 Å². The largest absolute Gasteiger partial charge is 0.497 e. The lowest BCUT2D eigenvalue weighted by Crippen LogP contribution is -2.51. The first kappa shape index (κ1) is 47.6. The van der Waals surface area contributed by atoms with E-state index in [4.69, 9.17) is 18.9 Å². The van der Waals surface area contributed by atoms with Gasteiger partial charge in [0.2, 0.25) is 20.0 Å². The van der Waals surface area contributed by atoms with Gasteiger partial charge in [0.05, 0.1) is 45.5 Å². The average Bonchev–Trinajstić information content (AvgIpc) is 3.95. The first-order valence-electron chi connectivity index (χ1n) is 20.1. The Bertz CT molecular complexity index is 2820. The summed E-state index contributed by atoms with van der Waals surface area (Å²) in [5.41, 5.74) is 2.42.